The number of nitrogens with zero attached hydrogens (tertiary/aromatic N) is 2. The topological polar surface area (TPSA) is 44.1 Å². The maximum atomic E-state index is 11.5. The highest BCUT2D eigenvalue weighted by Gasteiger charge is 2.17. The lowest BCUT2D eigenvalue weighted by Gasteiger charge is -2.20. The molecule has 0 aliphatic heterocycles. The summed E-state index contributed by atoms with van der Waals surface area (Å²) in [5, 5.41) is 8.54. The molecule has 0 aliphatic carbocycles. The van der Waals surface area contributed by atoms with Gasteiger partial charge in [-0.2, -0.15) is 5.26 Å². The van der Waals surface area contributed by atoms with E-state index in [2.05, 4.69) is 13.2 Å². The van der Waals surface area contributed by atoms with Crippen molar-refractivity contribution in [3.63, 3.8) is 0 Å². The monoisotopic (exact) mass is 178 g/mol. The van der Waals surface area contributed by atoms with E-state index in [4.69, 9.17) is 5.26 Å². The fraction of sp³-hybridized carbons (Fsp3) is 0.400. The van der Waals surface area contributed by atoms with E-state index in [1.54, 1.807) is 19.1 Å². The summed E-state index contributed by atoms with van der Waals surface area (Å²) < 4.78 is 0. The Morgan fingerprint density at radius 1 is 1.54 bits per heavy atom. The van der Waals surface area contributed by atoms with E-state index in [-0.39, 0.29) is 5.91 Å². The normalized spacial score (nSPS) is 11.1. The van der Waals surface area contributed by atoms with Crippen molar-refractivity contribution in [2.75, 3.05) is 13.1 Å². The van der Waals surface area contributed by atoms with Crippen LogP contribution in [-0.4, -0.2) is 23.9 Å². The molecule has 0 radical (unpaired) electrons. The molecule has 0 saturated carbocycles. The molecule has 0 N–H and O–H groups in total. The quantitative estimate of drug-likeness (QED) is 0.596. The average Bonchev–Trinajstić information content (AvgIpc) is 2.15. The predicted octanol–water partition coefficient (Wildman–Crippen LogP) is 1.35. The van der Waals surface area contributed by atoms with Crippen molar-refractivity contribution in [3.05, 3.63) is 25.3 Å². The highest BCUT2D eigenvalue weighted by molar-refractivity contribution is 5.81. The highest BCUT2D eigenvalue weighted by Crippen LogP contribution is 2.01. The summed E-state index contributed by atoms with van der Waals surface area (Å²) in [5.41, 5.74) is 0. The van der Waals surface area contributed by atoms with Crippen LogP contribution in [0.2, 0.25) is 0 Å². The maximum Gasteiger partial charge on any atom is 0.240 e. The molecule has 0 aromatic carbocycles. The molecular weight excluding hydrogens is 164 g/mol. The van der Waals surface area contributed by atoms with Gasteiger partial charge in [-0.3, -0.25) is 4.79 Å². The van der Waals surface area contributed by atoms with Gasteiger partial charge in [-0.15, -0.1) is 13.2 Å². The fourth-order valence-corrected chi connectivity index (χ4v) is 0.895. The third-order valence-corrected chi connectivity index (χ3v) is 1.57. The number of rotatable bonds is 5. The third kappa shape index (κ3) is 3.57. The molecule has 1 amide bonds. The molecule has 0 heterocycles. The van der Waals surface area contributed by atoms with Crippen molar-refractivity contribution in [3.8, 4) is 6.07 Å². The molecule has 0 fully saturated rings. The number of nitriles is 1. The average molecular weight is 178 g/mol. The van der Waals surface area contributed by atoms with Gasteiger partial charge in [0, 0.05) is 13.1 Å². The van der Waals surface area contributed by atoms with E-state index in [0.29, 0.717) is 13.1 Å². The van der Waals surface area contributed by atoms with Crippen LogP contribution in [0.1, 0.15) is 6.92 Å². The number of carbonyl (C=O) groups excluding carboxylic acids is 1. The van der Waals surface area contributed by atoms with Crippen LogP contribution in [0.5, 0.6) is 0 Å². The first-order chi connectivity index (χ1) is 6.17. The van der Waals surface area contributed by atoms with Gasteiger partial charge < -0.3 is 4.90 Å². The SMILES string of the molecule is C=CCN(CC=C)C(=O)C(C)C#N. The molecule has 3 nitrogen and oxygen atoms in total. The van der Waals surface area contributed by atoms with Gasteiger partial charge in [-0.25, -0.2) is 0 Å². The molecule has 13 heavy (non-hydrogen) atoms. The maximum absolute atomic E-state index is 11.5. The number of amides is 1. The van der Waals surface area contributed by atoms with E-state index >= 15 is 0 Å². The van der Waals surface area contributed by atoms with Crippen LogP contribution in [0.3, 0.4) is 0 Å². The Morgan fingerprint density at radius 2 is 2.00 bits per heavy atom. The van der Waals surface area contributed by atoms with E-state index in [1.807, 2.05) is 6.07 Å². The molecule has 70 valence electrons. The second kappa shape index (κ2) is 6.01. The fourth-order valence-electron chi connectivity index (χ4n) is 0.895. The summed E-state index contributed by atoms with van der Waals surface area (Å²) >= 11 is 0. The van der Waals surface area contributed by atoms with Crippen molar-refractivity contribution in [1.29, 1.82) is 5.26 Å². The molecule has 0 rings (SSSR count). The largest absolute Gasteiger partial charge is 0.334 e. The Bertz CT molecular complexity index is 230. The lowest BCUT2D eigenvalue weighted by atomic mass is 10.2. The van der Waals surface area contributed by atoms with E-state index in [1.165, 1.54) is 4.90 Å². The van der Waals surface area contributed by atoms with Crippen LogP contribution < -0.4 is 0 Å². The molecule has 1 atom stereocenters. The third-order valence-electron chi connectivity index (χ3n) is 1.57. The zero-order valence-corrected chi connectivity index (χ0v) is 7.86. The van der Waals surface area contributed by atoms with Crippen LogP contribution in [0.25, 0.3) is 0 Å². The van der Waals surface area contributed by atoms with Crippen molar-refractivity contribution in [2.24, 2.45) is 5.92 Å². The van der Waals surface area contributed by atoms with Crippen LogP contribution >= 0.6 is 0 Å². The van der Waals surface area contributed by atoms with Gasteiger partial charge in [0.05, 0.1) is 6.07 Å². The second-order valence-electron chi connectivity index (χ2n) is 2.67. The minimum absolute atomic E-state index is 0.178. The second-order valence-corrected chi connectivity index (χ2v) is 2.67. The van der Waals surface area contributed by atoms with Gasteiger partial charge in [0.2, 0.25) is 5.91 Å². The van der Waals surface area contributed by atoms with Gasteiger partial charge >= 0.3 is 0 Å². The Kier molecular flexibility index (Phi) is 5.29. The van der Waals surface area contributed by atoms with Gasteiger partial charge in [0.25, 0.3) is 0 Å². The smallest absolute Gasteiger partial charge is 0.240 e. The highest BCUT2D eigenvalue weighted by atomic mass is 16.2. The number of hydrogen-bond donors (Lipinski definition) is 0. The molecule has 0 aliphatic rings. The number of hydrogen-bond acceptors (Lipinski definition) is 2. The molecule has 0 aromatic rings. The predicted molar refractivity (Wildman–Crippen MR) is 51.8 cm³/mol. The summed E-state index contributed by atoms with van der Waals surface area (Å²) in [6.45, 7) is 9.57. The summed E-state index contributed by atoms with van der Waals surface area (Å²) in [6.07, 6.45) is 3.26. The van der Waals surface area contributed by atoms with Gasteiger partial charge in [-0.05, 0) is 6.92 Å². The molecule has 1 unspecified atom stereocenters. The summed E-state index contributed by atoms with van der Waals surface area (Å²) in [7, 11) is 0. The first-order valence-electron chi connectivity index (χ1n) is 4.07. The molecular formula is C10H14N2O. The van der Waals surface area contributed by atoms with Crippen molar-refractivity contribution >= 4 is 5.91 Å². The van der Waals surface area contributed by atoms with Crippen molar-refractivity contribution in [1.82, 2.24) is 4.90 Å². The summed E-state index contributed by atoms with van der Waals surface area (Å²) in [5.74, 6) is -0.776. The molecule has 0 aromatic heterocycles. The van der Waals surface area contributed by atoms with E-state index in [0.717, 1.165) is 0 Å². The standard InChI is InChI=1S/C10H14N2O/c1-4-6-12(7-5-2)10(13)9(3)8-11/h4-5,9H,1-2,6-7H2,3H3. The van der Waals surface area contributed by atoms with Gasteiger partial charge in [0.1, 0.15) is 5.92 Å². The molecule has 0 spiro atoms. The van der Waals surface area contributed by atoms with Gasteiger partial charge in [0.15, 0.2) is 0 Å². The van der Waals surface area contributed by atoms with E-state index in [9.17, 15) is 4.79 Å². The lowest BCUT2D eigenvalue weighted by Crippen LogP contribution is -2.34. The summed E-state index contributed by atoms with van der Waals surface area (Å²) in [6, 6.07) is 1.90. The minimum Gasteiger partial charge on any atom is -0.334 e. The Hall–Kier alpha value is -1.56. The Labute approximate surface area is 79.0 Å². The van der Waals surface area contributed by atoms with Crippen LogP contribution in [0, 0.1) is 17.2 Å². The van der Waals surface area contributed by atoms with Crippen LogP contribution in [-0.2, 0) is 4.79 Å². The zero-order valence-electron chi connectivity index (χ0n) is 7.86. The van der Waals surface area contributed by atoms with Crippen LogP contribution in [0.15, 0.2) is 25.3 Å². The number of carbonyl (C=O) groups is 1. The molecule has 3 heteroatoms. The molecule has 0 bridgehead atoms. The van der Waals surface area contributed by atoms with Gasteiger partial charge in [-0.1, -0.05) is 12.2 Å². The molecule has 0 saturated heterocycles. The Balaban J connectivity index is 4.36. The Morgan fingerprint density at radius 3 is 2.31 bits per heavy atom. The van der Waals surface area contributed by atoms with Crippen molar-refractivity contribution < 1.29 is 4.79 Å². The first-order valence-corrected chi connectivity index (χ1v) is 4.07. The van der Waals surface area contributed by atoms with Crippen LogP contribution in [0.4, 0.5) is 0 Å². The first kappa shape index (κ1) is 11.4. The minimum atomic E-state index is -0.597. The summed E-state index contributed by atoms with van der Waals surface area (Å²) in [4.78, 5) is 13.0. The lowest BCUT2D eigenvalue weighted by molar-refractivity contribution is -0.132. The van der Waals surface area contributed by atoms with Crippen molar-refractivity contribution in [2.45, 2.75) is 6.92 Å². The van der Waals surface area contributed by atoms with E-state index < -0.39 is 5.92 Å². The zero-order chi connectivity index (χ0) is 10.3.